The highest BCUT2D eigenvalue weighted by Gasteiger charge is 2.39. The number of hydrogen-bond acceptors (Lipinski definition) is 5. The first-order valence-corrected chi connectivity index (χ1v) is 8.46. The zero-order valence-corrected chi connectivity index (χ0v) is 14.2. The van der Waals surface area contributed by atoms with Crippen molar-refractivity contribution in [2.24, 2.45) is 0 Å². The summed E-state index contributed by atoms with van der Waals surface area (Å²) in [4.78, 5) is 8.63. The molecule has 2 aliphatic heterocycles. The van der Waals surface area contributed by atoms with Crippen LogP contribution in [0.25, 0.3) is 11.3 Å². The van der Waals surface area contributed by atoms with Crippen molar-refractivity contribution in [1.29, 1.82) is 0 Å². The molecule has 0 radical (unpaired) electrons. The number of aliphatic hydroxyl groups excluding tert-OH is 1. The lowest BCUT2D eigenvalue weighted by atomic mass is 10.1. The number of pyridine rings is 1. The Balaban J connectivity index is 1.79. The molecular weight excluding hydrogens is 345 g/mol. The number of hydrogen-bond donors (Lipinski definition) is 2. The second-order valence-electron chi connectivity index (χ2n) is 6.58. The summed E-state index contributed by atoms with van der Waals surface area (Å²) < 4.78 is 39.0. The molecule has 1 saturated heterocycles. The van der Waals surface area contributed by atoms with E-state index in [1.54, 1.807) is 19.2 Å². The standard InChI is InChI=1S/C18H19F3N4O/c1-22-17(26)25-13-7-8-24(10-13)15-6-5-14(23-16(15)25)11-3-2-4-12(9-11)18(19,20)21/h2-6,9,13,17,22,26H,7-8,10H2,1H3/t13-,17?/m0/s1. The molecule has 2 atom stereocenters. The van der Waals surface area contributed by atoms with Crippen molar-refractivity contribution in [3.63, 3.8) is 0 Å². The number of alkyl halides is 3. The van der Waals surface area contributed by atoms with Crippen LogP contribution in [0.15, 0.2) is 36.4 Å². The van der Waals surface area contributed by atoms with Gasteiger partial charge in [-0.2, -0.15) is 13.2 Å². The molecule has 4 rings (SSSR count). The normalized spacial score (nSPS) is 20.3. The fourth-order valence-electron chi connectivity index (χ4n) is 3.71. The summed E-state index contributed by atoms with van der Waals surface area (Å²) in [6, 6.07) is 8.86. The Kier molecular flexibility index (Phi) is 4.04. The third-order valence-electron chi connectivity index (χ3n) is 5.00. The molecule has 2 aliphatic rings. The molecule has 0 saturated carbocycles. The highest BCUT2D eigenvalue weighted by Crippen LogP contribution is 2.41. The van der Waals surface area contributed by atoms with E-state index in [0.717, 1.165) is 37.3 Å². The minimum absolute atomic E-state index is 0.120. The fourth-order valence-corrected chi connectivity index (χ4v) is 3.71. The van der Waals surface area contributed by atoms with Gasteiger partial charge in [0, 0.05) is 18.7 Å². The lowest BCUT2D eigenvalue weighted by molar-refractivity contribution is -0.137. The smallest absolute Gasteiger partial charge is 0.366 e. The molecular formula is C18H19F3N4O. The van der Waals surface area contributed by atoms with E-state index in [0.29, 0.717) is 17.1 Å². The van der Waals surface area contributed by atoms with Crippen molar-refractivity contribution in [3.05, 3.63) is 42.0 Å². The molecule has 2 N–H and O–H groups in total. The number of aromatic nitrogens is 1. The number of anilines is 2. The Morgan fingerprint density at radius 1 is 1.27 bits per heavy atom. The third-order valence-corrected chi connectivity index (χ3v) is 5.00. The fraction of sp³-hybridized carbons (Fsp3) is 0.389. The third kappa shape index (κ3) is 2.79. The molecule has 1 fully saturated rings. The van der Waals surface area contributed by atoms with Gasteiger partial charge in [-0.15, -0.1) is 0 Å². The summed E-state index contributed by atoms with van der Waals surface area (Å²) in [6.07, 6.45) is -4.40. The van der Waals surface area contributed by atoms with Crippen LogP contribution in [0.1, 0.15) is 12.0 Å². The van der Waals surface area contributed by atoms with Gasteiger partial charge in [0.2, 0.25) is 0 Å². The first-order valence-electron chi connectivity index (χ1n) is 8.46. The van der Waals surface area contributed by atoms with E-state index in [2.05, 4.69) is 15.2 Å². The average molecular weight is 364 g/mol. The number of nitrogens with zero attached hydrogens (tertiary/aromatic N) is 3. The second-order valence-corrected chi connectivity index (χ2v) is 6.58. The van der Waals surface area contributed by atoms with Gasteiger partial charge in [0.25, 0.3) is 0 Å². The van der Waals surface area contributed by atoms with Crippen LogP contribution in [0.5, 0.6) is 0 Å². The highest BCUT2D eigenvalue weighted by atomic mass is 19.4. The monoisotopic (exact) mass is 364 g/mol. The van der Waals surface area contributed by atoms with Crippen LogP contribution < -0.4 is 15.1 Å². The van der Waals surface area contributed by atoms with Gasteiger partial charge >= 0.3 is 6.18 Å². The van der Waals surface area contributed by atoms with Crippen LogP contribution in [0.4, 0.5) is 24.7 Å². The zero-order valence-electron chi connectivity index (χ0n) is 14.2. The number of benzene rings is 1. The Labute approximate surface area is 149 Å². The van der Waals surface area contributed by atoms with Crippen LogP contribution in [0.2, 0.25) is 0 Å². The van der Waals surface area contributed by atoms with Crippen molar-refractivity contribution >= 4 is 11.5 Å². The van der Waals surface area contributed by atoms with Crippen LogP contribution in [0, 0.1) is 0 Å². The van der Waals surface area contributed by atoms with Crippen molar-refractivity contribution in [2.45, 2.75) is 25.0 Å². The number of rotatable bonds is 3. The van der Waals surface area contributed by atoms with E-state index >= 15 is 0 Å². The number of aliphatic hydroxyl groups is 1. The molecule has 2 aromatic rings. The molecule has 1 unspecified atom stereocenters. The highest BCUT2D eigenvalue weighted by molar-refractivity contribution is 5.76. The summed E-state index contributed by atoms with van der Waals surface area (Å²) in [5.74, 6) is 0.593. The van der Waals surface area contributed by atoms with Gasteiger partial charge in [0.1, 0.15) is 0 Å². The van der Waals surface area contributed by atoms with Gasteiger partial charge in [0.05, 0.1) is 23.0 Å². The molecule has 0 spiro atoms. The summed E-state index contributed by atoms with van der Waals surface area (Å²) in [5, 5.41) is 13.2. The molecule has 8 heteroatoms. The molecule has 0 aliphatic carbocycles. The van der Waals surface area contributed by atoms with Gasteiger partial charge in [-0.3, -0.25) is 5.32 Å². The minimum atomic E-state index is -4.40. The second kappa shape index (κ2) is 6.14. The lowest BCUT2D eigenvalue weighted by Crippen LogP contribution is -2.53. The lowest BCUT2D eigenvalue weighted by Gasteiger charge is -2.39. The number of fused-ring (bicyclic) bond motifs is 4. The molecule has 1 aromatic heterocycles. The quantitative estimate of drug-likeness (QED) is 0.821. The largest absolute Gasteiger partial charge is 0.416 e. The summed E-state index contributed by atoms with van der Waals surface area (Å²) >= 11 is 0. The first-order chi connectivity index (χ1) is 12.4. The van der Waals surface area contributed by atoms with Crippen LogP contribution >= 0.6 is 0 Å². The maximum absolute atomic E-state index is 13.0. The van der Waals surface area contributed by atoms with Gasteiger partial charge in [-0.25, -0.2) is 4.98 Å². The predicted octanol–water partition coefficient (Wildman–Crippen LogP) is 2.66. The van der Waals surface area contributed by atoms with Gasteiger partial charge in [-0.05, 0) is 37.7 Å². The Bertz CT molecular complexity index is 826. The summed E-state index contributed by atoms with van der Waals surface area (Å²) in [6.45, 7) is 1.67. The zero-order chi connectivity index (χ0) is 18.5. The molecule has 26 heavy (non-hydrogen) atoms. The maximum Gasteiger partial charge on any atom is 0.416 e. The van der Waals surface area contributed by atoms with Crippen LogP contribution in [-0.4, -0.2) is 42.6 Å². The SMILES string of the molecule is CNC(O)N1c2nc(-c3cccc(C(F)(F)F)c3)ccc2N2CC[C@H]1C2. The molecule has 138 valence electrons. The molecule has 3 heterocycles. The number of halogens is 3. The van der Waals surface area contributed by atoms with Crippen molar-refractivity contribution in [3.8, 4) is 11.3 Å². The summed E-state index contributed by atoms with van der Waals surface area (Å²) in [5.41, 5.74) is 1.04. The molecule has 2 bridgehead atoms. The van der Waals surface area contributed by atoms with E-state index in [9.17, 15) is 18.3 Å². The van der Waals surface area contributed by atoms with Crippen molar-refractivity contribution < 1.29 is 18.3 Å². The topological polar surface area (TPSA) is 51.6 Å². The van der Waals surface area contributed by atoms with E-state index in [-0.39, 0.29) is 6.04 Å². The van der Waals surface area contributed by atoms with E-state index in [1.165, 1.54) is 6.07 Å². The Hall–Kier alpha value is -2.32. The van der Waals surface area contributed by atoms with Crippen LogP contribution in [0.3, 0.4) is 0 Å². The minimum Gasteiger partial charge on any atom is -0.366 e. The molecule has 1 aromatic carbocycles. The maximum atomic E-state index is 13.0. The van der Waals surface area contributed by atoms with Crippen molar-refractivity contribution in [1.82, 2.24) is 10.3 Å². The van der Waals surface area contributed by atoms with Gasteiger partial charge in [0.15, 0.2) is 12.2 Å². The van der Waals surface area contributed by atoms with E-state index in [1.807, 2.05) is 11.0 Å². The van der Waals surface area contributed by atoms with Gasteiger partial charge in [-0.1, -0.05) is 12.1 Å². The summed E-state index contributed by atoms with van der Waals surface area (Å²) in [7, 11) is 1.66. The van der Waals surface area contributed by atoms with Crippen LogP contribution in [-0.2, 0) is 6.18 Å². The van der Waals surface area contributed by atoms with E-state index < -0.39 is 18.1 Å². The first kappa shape index (κ1) is 17.1. The predicted molar refractivity (Wildman–Crippen MR) is 92.8 cm³/mol. The Morgan fingerprint density at radius 2 is 2.08 bits per heavy atom. The molecule has 5 nitrogen and oxygen atoms in total. The van der Waals surface area contributed by atoms with E-state index in [4.69, 9.17) is 0 Å². The number of nitrogens with one attached hydrogen (secondary N) is 1. The van der Waals surface area contributed by atoms with Gasteiger partial charge < -0.3 is 14.9 Å². The molecule has 0 amide bonds. The average Bonchev–Trinajstić information content (AvgIpc) is 3.05. The van der Waals surface area contributed by atoms with Crippen molar-refractivity contribution in [2.75, 3.05) is 29.9 Å². The Morgan fingerprint density at radius 3 is 2.81 bits per heavy atom.